The normalized spacial score (nSPS) is 18.8. The minimum absolute atomic E-state index is 0.0897. The lowest BCUT2D eigenvalue weighted by Gasteiger charge is -2.26. The highest BCUT2D eigenvalue weighted by molar-refractivity contribution is 8.14. The molecule has 0 unspecified atom stereocenters. The topological polar surface area (TPSA) is 71.4 Å². The number of rotatable bonds is 4. The molecule has 0 atom stereocenters. The molecule has 0 aromatic heterocycles. The molecule has 0 bridgehead atoms. The first kappa shape index (κ1) is 21.6. The Balaban J connectivity index is 1.41. The van der Waals surface area contributed by atoms with Gasteiger partial charge in [0, 0.05) is 13.1 Å². The number of aryl methyl sites for hydroxylation is 1. The molecule has 0 N–H and O–H groups in total. The maximum atomic E-state index is 13.4. The smallest absolute Gasteiger partial charge is 0.283 e. The molecule has 0 spiro atoms. The Morgan fingerprint density at radius 2 is 1.82 bits per heavy atom. The fourth-order valence-corrected chi connectivity index (χ4v) is 4.95. The van der Waals surface area contributed by atoms with Crippen molar-refractivity contribution in [1.29, 1.82) is 0 Å². The lowest BCUT2D eigenvalue weighted by atomic mass is 10.1. The van der Waals surface area contributed by atoms with Gasteiger partial charge < -0.3 is 14.4 Å². The van der Waals surface area contributed by atoms with Gasteiger partial charge in [-0.05, 0) is 62.1 Å². The van der Waals surface area contributed by atoms with Crippen LogP contribution in [0.15, 0.2) is 53.2 Å². The summed E-state index contributed by atoms with van der Waals surface area (Å²) in [7, 11) is 0. The number of hydrogen-bond acceptors (Lipinski definition) is 6. The van der Waals surface area contributed by atoms with Crippen LogP contribution in [0.1, 0.15) is 30.4 Å². The molecule has 170 valence electrons. The molecule has 2 aromatic rings. The fourth-order valence-electron chi connectivity index (χ4n) is 4.04. The van der Waals surface area contributed by atoms with E-state index in [1.165, 1.54) is 18.2 Å². The molecule has 3 aliphatic heterocycles. The van der Waals surface area contributed by atoms with E-state index in [2.05, 4.69) is 4.99 Å². The lowest BCUT2D eigenvalue weighted by Crippen LogP contribution is -2.38. The van der Waals surface area contributed by atoms with E-state index >= 15 is 0 Å². The van der Waals surface area contributed by atoms with Gasteiger partial charge in [0.25, 0.3) is 5.91 Å². The zero-order valence-corrected chi connectivity index (χ0v) is 19.3. The number of ether oxygens (including phenoxy) is 2. The van der Waals surface area contributed by atoms with E-state index in [-0.39, 0.29) is 24.4 Å². The minimum atomic E-state index is -0.218. The van der Waals surface area contributed by atoms with Crippen molar-refractivity contribution in [2.75, 3.05) is 30.5 Å². The first-order valence-corrected chi connectivity index (χ1v) is 12.1. The van der Waals surface area contributed by atoms with E-state index in [1.54, 1.807) is 11.0 Å². The van der Waals surface area contributed by atoms with Crippen LogP contribution in [0.5, 0.6) is 11.5 Å². The van der Waals surface area contributed by atoms with Crippen molar-refractivity contribution in [2.24, 2.45) is 4.99 Å². The summed E-state index contributed by atoms with van der Waals surface area (Å²) in [5.74, 6) is 1.46. The maximum Gasteiger partial charge on any atom is 0.283 e. The van der Waals surface area contributed by atoms with E-state index < -0.39 is 0 Å². The molecule has 2 amide bonds. The first-order chi connectivity index (χ1) is 16.1. The number of nitrogens with zero attached hydrogens (tertiary/aromatic N) is 3. The number of carbonyl (C=O) groups is 2. The summed E-state index contributed by atoms with van der Waals surface area (Å²) >= 11 is 1.31. The van der Waals surface area contributed by atoms with E-state index in [0.717, 1.165) is 42.7 Å². The number of piperidine rings is 1. The van der Waals surface area contributed by atoms with Crippen LogP contribution < -0.4 is 14.4 Å². The second-order valence-corrected chi connectivity index (χ2v) is 9.19. The second-order valence-electron chi connectivity index (χ2n) is 8.24. The van der Waals surface area contributed by atoms with Crippen LogP contribution in [0.3, 0.4) is 0 Å². The van der Waals surface area contributed by atoms with Crippen molar-refractivity contribution in [2.45, 2.75) is 26.2 Å². The lowest BCUT2D eigenvalue weighted by molar-refractivity contribution is -0.129. The molecule has 2 aromatic carbocycles. The Morgan fingerprint density at radius 3 is 2.61 bits per heavy atom. The summed E-state index contributed by atoms with van der Waals surface area (Å²) in [4.78, 5) is 34.2. The second kappa shape index (κ2) is 9.31. The van der Waals surface area contributed by atoms with E-state index in [0.29, 0.717) is 22.4 Å². The number of fused-ring (bicyclic) bond motifs is 1. The van der Waals surface area contributed by atoms with Crippen LogP contribution in [0.25, 0.3) is 6.08 Å². The third kappa shape index (κ3) is 4.61. The highest BCUT2D eigenvalue weighted by Crippen LogP contribution is 2.34. The zero-order chi connectivity index (χ0) is 22.8. The highest BCUT2D eigenvalue weighted by atomic mass is 32.2. The van der Waals surface area contributed by atoms with Crippen molar-refractivity contribution in [3.8, 4) is 11.5 Å². The molecular weight excluding hydrogens is 438 g/mol. The fraction of sp³-hybridized carbons (Fsp3) is 0.320. The van der Waals surface area contributed by atoms with Crippen molar-refractivity contribution < 1.29 is 19.1 Å². The molecule has 7 nitrogen and oxygen atoms in total. The summed E-state index contributed by atoms with van der Waals surface area (Å²) in [5.41, 5.74) is 2.96. The summed E-state index contributed by atoms with van der Waals surface area (Å²) in [5, 5.41) is 0.515. The van der Waals surface area contributed by atoms with E-state index in [9.17, 15) is 9.59 Å². The third-order valence-corrected chi connectivity index (χ3v) is 6.78. The van der Waals surface area contributed by atoms with Gasteiger partial charge in [0.2, 0.25) is 12.7 Å². The Labute approximate surface area is 197 Å². The molecule has 0 radical (unpaired) electrons. The Bertz CT molecular complexity index is 1140. The van der Waals surface area contributed by atoms with Crippen LogP contribution >= 0.6 is 11.8 Å². The number of hydrogen-bond donors (Lipinski definition) is 0. The van der Waals surface area contributed by atoms with Gasteiger partial charge in [-0.1, -0.05) is 35.5 Å². The Kier molecular flexibility index (Phi) is 6.09. The van der Waals surface area contributed by atoms with Crippen molar-refractivity contribution in [3.63, 3.8) is 0 Å². The maximum absolute atomic E-state index is 13.4. The van der Waals surface area contributed by atoms with E-state index in [1.807, 2.05) is 54.3 Å². The molecule has 33 heavy (non-hydrogen) atoms. The monoisotopic (exact) mass is 463 g/mol. The van der Waals surface area contributed by atoms with Crippen molar-refractivity contribution in [3.05, 3.63) is 59.3 Å². The quantitative estimate of drug-likeness (QED) is 0.635. The minimum Gasteiger partial charge on any atom is -0.454 e. The number of benzene rings is 2. The number of amides is 2. The predicted octanol–water partition coefficient (Wildman–Crippen LogP) is 4.21. The van der Waals surface area contributed by atoms with Crippen LogP contribution in [-0.4, -0.2) is 47.5 Å². The number of likely N-dealkylation sites (tertiary alicyclic amines) is 1. The van der Waals surface area contributed by atoms with Gasteiger partial charge in [-0.2, -0.15) is 0 Å². The Morgan fingerprint density at radius 1 is 1.06 bits per heavy atom. The van der Waals surface area contributed by atoms with Crippen LogP contribution in [0, 0.1) is 6.92 Å². The molecule has 3 heterocycles. The van der Waals surface area contributed by atoms with Gasteiger partial charge in [-0.25, -0.2) is 4.99 Å². The number of anilines is 1. The number of aliphatic imine (C=N–C) groups is 1. The summed E-state index contributed by atoms with van der Waals surface area (Å²) in [6.45, 7) is 3.81. The number of thioether (sulfide) groups is 1. The standard InChI is InChI=1S/C25H25N3O4S/c1-17-5-8-19(9-6-17)28-24(30)20(13-18-7-10-21-22(14-18)32-16-31-21)26-25(28)33-15-23(29)27-11-3-2-4-12-27/h5-10,13-14H,2-4,11-12,15-16H2,1H3/b20-13+. The van der Waals surface area contributed by atoms with Crippen molar-refractivity contribution >= 4 is 40.5 Å². The summed E-state index contributed by atoms with van der Waals surface area (Å²) in [6, 6.07) is 13.2. The van der Waals surface area contributed by atoms with Gasteiger partial charge in [0.05, 0.1) is 11.4 Å². The van der Waals surface area contributed by atoms with Gasteiger partial charge in [-0.3, -0.25) is 14.5 Å². The van der Waals surface area contributed by atoms with Gasteiger partial charge in [0.15, 0.2) is 16.7 Å². The molecule has 0 saturated carbocycles. The SMILES string of the molecule is Cc1ccc(N2C(=O)/C(=C\c3ccc4c(c3)OCO4)N=C2SCC(=O)N2CCCCC2)cc1. The van der Waals surface area contributed by atoms with Gasteiger partial charge in [-0.15, -0.1) is 0 Å². The summed E-state index contributed by atoms with van der Waals surface area (Å²) in [6.07, 6.45) is 5.01. The first-order valence-electron chi connectivity index (χ1n) is 11.1. The van der Waals surface area contributed by atoms with Gasteiger partial charge >= 0.3 is 0 Å². The molecular formula is C25H25N3O4S. The van der Waals surface area contributed by atoms with Crippen LogP contribution in [-0.2, 0) is 9.59 Å². The molecule has 1 fully saturated rings. The molecule has 5 rings (SSSR count). The molecule has 8 heteroatoms. The Hall–Kier alpha value is -3.26. The third-order valence-electron chi connectivity index (χ3n) is 5.86. The molecule has 0 aliphatic carbocycles. The predicted molar refractivity (Wildman–Crippen MR) is 130 cm³/mol. The number of amidine groups is 1. The zero-order valence-electron chi connectivity index (χ0n) is 18.5. The van der Waals surface area contributed by atoms with Crippen LogP contribution in [0.4, 0.5) is 5.69 Å². The van der Waals surface area contributed by atoms with E-state index in [4.69, 9.17) is 9.47 Å². The van der Waals surface area contributed by atoms with Crippen LogP contribution in [0.2, 0.25) is 0 Å². The van der Waals surface area contributed by atoms with Gasteiger partial charge in [0.1, 0.15) is 5.70 Å². The molecule has 1 saturated heterocycles. The average Bonchev–Trinajstić information content (AvgIpc) is 3.43. The number of carbonyl (C=O) groups excluding carboxylic acids is 2. The largest absolute Gasteiger partial charge is 0.454 e. The van der Waals surface area contributed by atoms with Crippen molar-refractivity contribution in [1.82, 2.24) is 4.90 Å². The molecule has 3 aliphatic rings. The highest BCUT2D eigenvalue weighted by Gasteiger charge is 2.33. The average molecular weight is 464 g/mol. The summed E-state index contributed by atoms with van der Waals surface area (Å²) < 4.78 is 10.8.